The van der Waals surface area contributed by atoms with Gasteiger partial charge in [0.1, 0.15) is 18.4 Å². The molecule has 1 aliphatic heterocycles. The molecule has 2 atom stereocenters. The van der Waals surface area contributed by atoms with Gasteiger partial charge in [-0.1, -0.05) is 69.3 Å². The molecule has 242 valence electrons. The second-order valence-corrected chi connectivity index (χ2v) is 13.7. The molecule has 2 aliphatic rings. The van der Waals surface area contributed by atoms with E-state index < -0.39 is 28.0 Å². The number of morpholine rings is 1. The zero-order valence-electron chi connectivity index (χ0n) is 26.3. The lowest BCUT2D eigenvalue weighted by Gasteiger charge is -2.27. The fourth-order valence-electron chi connectivity index (χ4n) is 5.63. The maximum Gasteiger partial charge on any atom is 0.322 e. The van der Waals surface area contributed by atoms with Gasteiger partial charge < -0.3 is 19.5 Å². The molecule has 0 spiro atoms. The highest BCUT2D eigenvalue weighted by atomic mass is 32.2. The van der Waals surface area contributed by atoms with E-state index in [4.69, 9.17) is 9.47 Å². The Morgan fingerprint density at radius 2 is 1.67 bits per heavy atom. The number of rotatable bonds is 11. The maximum atomic E-state index is 13.3. The van der Waals surface area contributed by atoms with Crippen molar-refractivity contribution in [3.8, 4) is 16.9 Å². The first-order valence-electron chi connectivity index (χ1n) is 15.5. The third kappa shape index (κ3) is 7.75. The van der Waals surface area contributed by atoms with Crippen molar-refractivity contribution < 1.29 is 32.6 Å². The molecule has 1 unspecified atom stereocenters. The minimum absolute atomic E-state index is 0.00657. The van der Waals surface area contributed by atoms with Gasteiger partial charge in [-0.25, -0.2) is 8.42 Å². The Morgan fingerprint density at radius 3 is 2.30 bits per heavy atom. The third-order valence-electron chi connectivity index (χ3n) is 8.41. The molecule has 2 N–H and O–H groups in total. The number of carbonyl (C=O) groups excluding carboxylic acids is 1. The van der Waals surface area contributed by atoms with Crippen LogP contribution in [0, 0.1) is 11.8 Å². The highest BCUT2D eigenvalue weighted by Crippen LogP contribution is 2.38. The largest absolute Gasteiger partial charge is 0.489 e. The number of carbonyl (C=O) groups is 2. The first-order valence-corrected chi connectivity index (χ1v) is 17.0. The van der Waals surface area contributed by atoms with Crippen molar-refractivity contribution in [3.05, 3.63) is 102 Å². The molecule has 1 fully saturated rings. The fraction of sp³-hybridized carbons (Fsp3) is 0.333. The molecule has 5 rings (SSSR count). The van der Waals surface area contributed by atoms with Crippen molar-refractivity contribution in [3.63, 3.8) is 0 Å². The number of aliphatic carboxylic acids is 1. The van der Waals surface area contributed by atoms with Gasteiger partial charge in [0.2, 0.25) is 10.0 Å². The summed E-state index contributed by atoms with van der Waals surface area (Å²) in [6, 6.07) is 20.5. The molecule has 1 amide bonds. The monoisotopic (exact) mass is 644 g/mol. The van der Waals surface area contributed by atoms with E-state index in [0.29, 0.717) is 44.2 Å². The Balaban J connectivity index is 1.35. The average molecular weight is 645 g/mol. The van der Waals surface area contributed by atoms with E-state index in [2.05, 4.69) is 23.8 Å². The summed E-state index contributed by atoms with van der Waals surface area (Å²) in [6.45, 7) is 8.16. The van der Waals surface area contributed by atoms with Gasteiger partial charge >= 0.3 is 5.97 Å². The number of amides is 1. The van der Waals surface area contributed by atoms with Gasteiger partial charge in [-0.2, -0.15) is 4.72 Å². The first kappa shape index (κ1) is 33.1. The summed E-state index contributed by atoms with van der Waals surface area (Å²) in [6.07, 6.45) is 4.83. The molecule has 0 radical (unpaired) electrons. The van der Waals surface area contributed by atoms with Crippen molar-refractivity contribution in [2.24, 2.45) is 11.8 Å². The van der Waals surface area contributed by atoms with Crippen LogP contribution in [0.2, 0.25) is 0 Å². The van der Waals surface area contributed by atoms with Gasteiger partial charge in [0.05, 0.1) is 18.1 Å². The zero-order valence-corrected chi connectivity index (χ0v) is 27.1. The van der Waals surface area contributed by atoms with E-state index in [1.807, 2.05) is 42.5 Å². The number of hydrogen-bond donors (Lipinski definition) is 2. The Labute approximate surface area is 270 Å². The van der Waals surface area contributed by atoms with Crippen LogP contribution in [0.4, 0.5) is 0 Å². The van der Waals surface area contributed by atoms with Crippen LogP contribution < -0.4 is 9.46 Å². The minimum atomic E-state index is -4.10. The summed E-state index contributed by atoms with van der Waals surface area (Å²) >= 11 is 0. The Bertz CT molecular complexity index is 1730. The Hall–Kier alpha value is -4.25. The normalized spacial score (nSPS) is 17.7. The van der Waals surface area contributed by atoms with Crippen molar-refractivity contribution in [2.45, 2.75) is 38.1 Å². The number of benzene rings is 3. The molecular weight excluding hydrogens is 604 g/mol. The topological polar surface area (TPSA) is 122 Å². The van der Waals surface area contributed by atoms with E-state index in [9.17, 15) is 23.1 Å². The molecular formula is C36H40N2O7S. The number of carboxylic acid groups (broad SMARTS) is 1. The standard InChI is InChI=1S/C36H40N2O7S/c1-24(2)34(36(40)41)37-46(42,43)31-15-16-32(33(22-31)26-7-5-4-6-8-26)28-9-10-29(25(3)21-28)23-45-30-13-11-27(12-14-30)35(39)38-17-19-44-20-18-38/h4-16,22,24-25,34,37H,17-21,23H2,1-3H3,(H,40,41)/t25?,34-/m1/s1. The predicted molar refractivity (Wildman–Crippen MR) is 177 cm³/mol. The molecule has 3 aromatic rings. The van der Waals surface area contributed by atoms with E-state index in [-0.39, 0.29) is 16.7 Å². The van der Waals surface area contributed by atoms with Crippen LogP contribution in [0.5, 0.6) is 5.75 Å². The summed E-state index contributed by atoms with van der Waals surface area (Å²) < 4.78 is 40.4. The van der Waals surface area contributed by atoms with Crippen LogP contribution >= 0.6 is 0 Å². The molecule has 1 heterocycles. The lowest BCUT2D eigenvalue weighted by molar-refractivity contribution is -0.140. The van der Waals surface area contributed by atoms with Gasteiger partial charge in [0, 0.05) is 18.7 Å². The van der Waals surface area contributed by atoms with Crippen LogP contribution in [0.3, 0.4) is 0 Å². The van der Waals surface area contributed by atoms with Gasteiger partial charge in [-0.05, 0) is 82.5 Å². The Morgan fingerprint density at radius 1 is 0.978 bits per heavy atom. The van der Waals surface area contributed by atoms with Crippen molar-refractivity contribution in [1.82, 2.24) is 9.62 Å². The van der Waals surface area contributed by atoms with Crippen LogP contribution in [-0.2, 0) is 19.6 Å². The molecule has 3 aromatic carbocycles. The number of nitrogens with one attached hydrogen (secondary N) is 1. The van der Waals surface area contributed by atoms with Gasteiger partial charge in [0.25, 0.3) is 5.91 Å². The molecule has 0 bridgehead atoms. The van der Waals surface area contributed by atoms with Crippen LogP contribution in [0.15, 0.2) is 95.4 Å². The minimum Gasteiger partial charge on any atom is -0.489 e. The van der Waals surface area contributed by atoms with E-state index in [1.54, 1.807) is 43.0 Å². The lowest BCUT2D eigenvalue weighted by atomic mass is 9.83. The molecule has 46 heavy (non-hydrogen) atoms. The molecule has 0 aromatic heterocycles. The zero-order chi connectivity index (χ0) is 32.8. The quantitative estimate of drug-likeness (QED) is 0.277. The number of sulfonamides is 1. The highest BCUT2D eigenvalue weighted by molar-refractivity contribution is 7.89. The number of allylic oxidation sites excluding steroid dienone is 3. The summed E-state index contributed by atoms with van der Waals surface area (Å²) in [4.78, 5) is 26.3. The predicted octanol–water partition coefficient (Wildman–Crippen LogP) is 5.64. The van der Waals surface area contributed by atoms with Crippen LogP contribution in [0.1, 0.15) is 43.1 Å². The molecule has 1 saturated heterocycles. The summed E-state index contributed by atoms with van der Waals surface area (Å²) in [5, 5.41) is 9.56. The van der Waals surface area contributed by atoms with E-state index >= 15 is 0 Å². The van der Waals surface area contributed by atoms with Crippen molar-refractivity contribution >= 4 is 27.5 Å². The molecule has 0 saturated carbocycles. The molecule has 1 aliphatic carbocycles. The van der Waals surface area contributed by atoms with Gasteiger partial charge in [-0.3, -0.25) is 9.59 Å². The molecule has 9 nitrogen and oxygen atoms in total. The fourth-order valence-corrected chi connectivity index (χ4v) is 7.00. The number of nitrogens with zero attached hydrogens (tertiary/aromatic N) is 1. The number of carboxylic acids is 1. The van der Waals surface area contributed by atoms with Crippen LogP contribution in [0.25, 0.3) is 16.7 Å². The van der Waals surface area contributed by atoms with Gasteiger partial charge in [0.15, 0.2) is 0 Å². The Kier molecular flexibility index (Phi) is 10.4. The van der Waals surface area contributed by atoms with Gasteiger partial charge in [-0.15, -0.1) is 0 Å². The number of hydrogen-bond acceptors (Lipinski definition) is 6. The summed E-state index contributed by atoms with van der Waals surface area (Å²) in [5.74, 6) is -0.808. The van der Waals surface area contributed by atoms with E-state index in [0.717, 1.165) is 34.3 Å². The molecule has 10 heteroatoms. The van der Waals surface area contributed by atoms with Crippen molar-refractivity contribution in [1.29, 1.82) is 0 Å². The summed E-state index contributed by atoms with van der Waals surface area (Å²) in [7, 11) is -4.10. The summed E-state index contributed by atoms with van der Waals surface area (Å²) in [5.41, 5.74) is 5.32. The average Bonchev–Trinajstić information content (AvgIpc) is 3.07. The van der Waals surface area contributed by atoms with Crippen LogP contribution in [-0.4, -0.2) is 69.3 Å². The van der Waals surface area contributed by atoms with E-state index in [1.165, 1.54) is 6.07 Å². The maximum absolute atomic E-state index is 13.3. The smallest absolute Gasteiger partial charge is 0.322 e. The highest BCUT2D eigenvalue weighted by Gasteiger charge is 2.29. The first-order chi connectivity index (χ1) is 22.0. The third-order valence-corrected chi connectivity index (χ3v) is 9.85. The van der Waals surface area contributed by atoms with Crippen molar-refractivity contribution in [2.75, 3.05) is 32.9 Å². The second-order valence-electron chi connectivity index (χ2n) is 12.0. The second kappa shape index (κ2) is 14.5. The SMILES string of the molecule is CC1CC(c2ccc(S(=O)(=O)N[C@@H](C(=O)O)C(C)C)cc2-c2ccccc2)=CC=C1COc1ccc(C(=O)N2CCOCC2)cc1. The lowest BCUT2D eigenvalue weighted by Crippen LogP contribution is -2.44. The number of ether oxygens (including phenoxy) is 2.